The van der Waals surface area contributed by atoms with Crippen LogP contribution in [0.3, 0.4) is 0 Å². The van der Waals surface area contributed by atoms with Gasteiger partial charge in [0.05, 0.1) is 12.2 Å². The number of alkyl halides is 3. The lowest BCUT2D eigenvalue weighted by atomic mass is 9.80. The van der Waals surface area contributed by atoms with Gasteiger partial charge in [-0.2, -0.15) is 13.2 Å². The topological polar surface area (TPSA) is 62.7 Å². The summed E-state index contributed by atoms with van der Waals surface area (Å²) in [5.41, 5.74) is 0.0179. The van der Waals surface area contributed by atoms with E-state index in [1.165, 1.54) is 6.07 Å². The lowest BCUT2D eigenvalue weighted by Gasteiger charge is -2.41. The SMILES string of the molecule is CC1(C(=O)N2CCC(C(=O)N3CC[C@H](COc4ccc(C(F)(F)F)cn4)[C@H](c4ccc(Cl)cc4)C3)CC2)CC1. The Kier molecular flexibility index (Phi) is 7.82. The fraction of sp³-hybridized carbons (Fsp3) is 0.552. The van der Waals surface area contributed by atoms with Crippen molar-refractivity contribution in [1.82, 2.24) is 14.8 Å². The third kappa shape index (κ3) is 6.34. The number of amides is 2. The first-order valence-electron chi connectivity index (χ1n) is 13.5. The second kappa shape index (κ2) is 11.0. The molecule has 3 fully saturated rings. The molecule has 0 radical (unpaired) electrons. The number of nitrogens with zero attached hydrogens (tertiary/aromatic N) is 3. The van der Waals surface area contributed by atoms with Crippen molar-refractivity contribution in [2.45, 2.75) is 51.1 Å². The highest BCUT2D eigenvalue weighted by Crippen LogP contribution is 2.47. The first-order valence-corrected chi connectivity index (χ1v) is 13.9. The lowest BCUT2D eigenvalue weighted by Crippen LogP contribution is -2.49. The lowest BCUT2D eigenvalue weighted by molar-refractivity contribution is -0.144. The first kappa shape index (κ1) is 27.7. The van der Waals surface area contributed by atoms with Crippen LogP contribution in [0.1, 0.15) is 56.1 Å². The number of carbonyl (C=O) groups excluding carboxylic acids is 2. The Morgan fingerprint density at radius 1 is 1.03 bits per heavy atom. The second-order valence-electron chi connectivity index (χ2n) is 11.3. The van der Waals surface area contributed by atoms with E-state index in [-0.39, 0.29) is 47.5 Å². The van der Waals surface area contributed by atoms with E-state index >= 15 is 0 Å². The van der Waals surface area contributed by atoms with E-state index < -0.39 is 11.7 Å². The molecular formula is C29H33ClF3N3O3. The standard InChI is InChI=1S/C29H33ClF3N3O3/c1-28(11-12-28)27(38)35-13-8-20(9-14-35)26(37)36-15-10-21(24(17-36)19-2-5-23(30)6-3-19)18-39-25-7-4-22(16-34-25)29(31,32)33/h2-7,16,20-21,24H,8-15,17-18H2,1H3/t21-,24+/m1/s1. The zero-order chi connectivity index (χ0) is 27.8. The van der Waals surface area contributed by atoms with Gasteiger partial charge in [0.1, 0.15) is 0 Å². The van der Waals surface area contributed by atoms with Crippen LogP contribution in [0, 0.1) is 17.3 Å². The fourth-order valence-electron chi connectivity index (χ4n) is 5.68. The number of aromatic nitrogens is 1. The number of carbonyl (C=O) groups is 2. The summed E-state index contributed by atoms with van der Waals surface area (Å²) in [6.45, 7) is 4.63. The van der Waals surface area contributed by atoms with E-state index in [2.05, 4.69) is 4.98 Å². The number of pyridine rings is 1. The van der Waals surface area contributed by atoms with E-state index in [4.69, 9.17) is 16.3 Å². The minimum absolute atomic E-state index is 0.0223. The average Bonchev–Trinajstić information content (AvgIpc) is 3.69. The third-order valence-electron chi connectivity index (χ3n) is 8.52. The van der Waals surface area contributed by atoms with Crippen LogP contribution < -0.4 is 4.74 Å². The summed E-state index contributed by atoms with van der Waals surface area (Å²) >= 11 is 6.11. The molecule has 2 saturated heterocycles. The minimum atomic E-state index is -4.45. The molecule has 10 heteroatoms. The molecule has 2 aliphatic heterocycles. The molecule has 0 N–H and O–H groups in total. The van der Waals surface area contributed by atoms with Crippen molar-refractivity contribution in [3.05, 3.63) is 58.7 Å². The van der Waals surface area contributed by atoms with E-state index in [9.17, 15) is 22.8 Å². The highest BCUT2D eigenvalue weighted by molar-refractivity contribution is 6.30. The number of ether oxygens (including phenoxy) is 1. The van der Waals surface area contributed by atoms with Gasteiger partial charge in [-0.1, -0.05) is 30.7 Å². The Bertz CT molecular complexity index is 1180. The maximum Gasteiger partial charge on any atom is 0.417 e. The summed E-state index contributed by atoms with van der Waals surface area (Å²) in [6.07, 6.45) is 0.261. The molecule has 3 aliphatic rings. The van der Waals surface area contributed by atoms with Crippen molar-refractivity contribution >= 4 is 23.4 Å². The zero-order valence-electron chi connectivity index (χ0n) is 21.9. The Morgan fingerprint density at radius 3 is 2.28 bits per heavy atom. The Morgan fingerprint density at radius 2 is 1.69 bits per heavy atom. The van der Waals surface area contributed by atoms with Gasteiger partial charge in [0, 0.05) is 66.6 Å². The van der Waals surface area contributed by atoms with Crippen LogP contribution in [0.25, 0.3) is 0 Å². The van der Waals surface area contributed by atoms with Gasteiger partial charge in [0.2, 0.25) is 17.7 Å². The van der Waals surface area contributed by atoms with Gasteiger partial charge in [0.15, 0.2) is 0 Å². The van der Waals surface area contributed by atoms with Crippen molar-refractivity contribution < 1.29 is 27.5 Å². The van der Waals surface area contributed by atoms with E-state index in [0.717, 1.165) is 30.7 Å². The van der Waals surface area contributed by atoms with Crippen molar-refractivity contribution in [3.63, 3.8) is 0 Å². The summed E-state index contributed by atoms with van der Waals surface area (Å²) in [5, 5.41) is 0.616. The maximum absolute atomic E-state index is 13.5. The molecule has 1 aromatic heterocycles. The van der Waals surface area contributed by atoms with Gasteiger partial charge in [-0.25, -0.2) is 4.98 Å². The minimum Gasteiger partial charge on any atom is -0.477 e. The molecule has 1 aromatic carbocycles. The second-order valence-corrected chi connectivity index (χ2v) is 11.7. The van der Waals surface area contributed by atoms with Crippen LogP contribution >= 0.6 is 11.6 Å². The van der Waals surface area contributed by atoms with Crippen molar-refractivity contribution in [2.75, 3.05) is 32.8 Å². The molecule has 210 valence electrons. The normalized spacial score (nSPS) is 23.4. The summed E-state index contributed by atoms with van der Waals surface area (Å²) in [7, 11) is 0. The number of rotatable bonds is 6. The summed E-state index contributed by atoms with van der Waals surface area (Å²) in [5.74, 6) is 0.403. The third-order valence-corrected chi connectivity index (χ3v) is 8.77. The van der Waals surface area contributed by atoms with Crippen LogP contribution in [0.4, 0.5) is 13.2 Å². The molecule has 3 heterocycles. The Labute approximate surface area is 231 Å². The zero-order valence-corrected chi connectivity index (χ0v) is 22.7. The molecule has 39 heavy (non-hydrogen) atoms. The van der Waals surface area contributed by atoms with E-state index in [1.807, 2.05) is 41.0 Å². The quantitative estimate of drug-likeness (QED) is 0.445. The number of hydrogen-bond acceptors (Lipinski definition) is 4. The highest BCUT2D eigenvalue weighted by atomic mass is 35.5. The molecule has 0 bridgehead atoms. The summed E-state index contributed by atoms with van der Waals surface area (Å²) in [4.78, 5) is 33.9. The van der Waals surface area contributed by atoms with E-state index in [1.54, 1.807) is 0 Å². The van der Waals surface area contributed by atoms with Crippen LogP contribution in [-0.2, 0) is 15.8 Å². The van der Waals surface area contributed by atoms with Gasteiger partial charge < -0.3 is 14.5 Å². The number of likely N-dealkylation sites (tertiary alicyclic amines) is 2. The largest absolute Gasteiger partial charge is 0.477 e. The van der Waals surface area contributed by atoms with Gasteiger partial charge in [0.25, 0.3) is 0 Å². The highest BCUT2D eigenvalue weighted by Gasteiger charge is 2.48. The number of piperidine rings is 2. The maximum atomic E-state index is 13.5. The monoisotopic (exact) mass is 563 g/mol. The molecule has 0 unspecified atom stereocenters. The number of halogens is 4. The van der Waals surface area contributed by atoms with Crippen LogP contribution in [0.15, 0.2) is 42.6 Å². The van der Waals surface area contributed by atoms with Crippen molar-refractivity contribution in [3.8, 4) is 5.88 Å². The van der Waals surface area contributed by atoms with Gasteiger partial charge in [-0.3, -0.25) is 9.59 Å². The summed E-state index contributed by atoms with van der Waals surface area (Å²) < 4.78 is 44.4. The number of hydrogen-bond donors (Lipinski definition) is 0. The van der Waals surface area contributed by atoms with Gasteiger partial charge >= 0.3 is 6.18 Å². The molecule has 1 aliphatic carbocycles. The van der Waals surface area contributed by atoms with Crippen LogP contribution in [-0.4, -0.2) is 59.4 Å². The molecule has 0 spiro atoms. The predicted octanol–water partition coefficient (Wildman–Crippen LogP) is 5.80. The first-order chi connectivity index (χ1) is 18.5. The fourth-order valence-corrected chi connectivity index (χ4v) is 5.81. The van der Waals surface area contributed by atoms with Crippen LogP contribution in [0.2, 0.25) is 5.02 Å². The summed E-state index contributed by atoms with van der Waals surface area (Å²) in [6, 6.07) is 9.74. The molecule has 5 rings (SSSR count). The molecular weight excluding hydrogens is 531 g/mol. The molecule has 1 saturated carbocycles. The van der Waals surface area contributed by atoms with Crippen molar-refractivity contribution in [2.24, 2.45) is 17.3 Å². The molecule has 2 aromatic rings. The molecule has 2 amide bonds. The Balaban J connectivity index is 1.22. The average molecular weight is 564 g/mol. The number of benzene rings is 1. The van der Waals surface area contributed by atoms with Crippen molar-refractivity contribution in [1.29, 1.82) is 0 Å². The van der Waals surface area contributed by atoms with E-state index in [0.29, 0.717) is 50.5 Å². The molecule has 6 nitrogen and oxygen atoms in total. The Hall–Kier alpha value is -2.81. The molecule has 2 atom stereocenters. The smallest absolute Gasteiger partial charge is 0.417 e. The van der Waals surface area contributed by atoms with Gasteiger partial charge in [-0.05, 0) is 55.9 Å². The van der Waals surface area contributed by atoms with Crippen LogP contribution in [0.5, 0.6) is 5.88 Å². The van der Waals surface area contributed by atoms with Gasteiger partial charge in [-0.15, -0.1) is 0 Å². The predicted molar refractivity (Wildman–Crippen MR) is 140 cm³/mol.